The molecule has 0 unspecified atom stereocenters. The molecule has 0 spiro atoms. The number of ether oxygens (including phenoxy) is 1. The Hall–Kier alpha value is -2.18. The molecule has 126 valence electrons. The van der Waals surface area contributed by atoms with Gasteiger partial charge in [-0.2, -0.15) is 0 Å². The fourth-order valence-electron chi connectivity index (χ4n) is 2.87. The van der Waals surface area contributed by atoms with Crippen molar-refractivity contribution in [2.24, 2.45) is 0 Å². The van der Waals surface area contributed by atoms with Crippen LogP contribution in [0, 0.1) is 0 Å². The van der Waals surface area contributed by atoms with Crippen LogP contribution in [0.15, 0.2) is 35.7 Å². The van der Waals surface area contributed by atoms with E-state index in [-0.39, 0.29) is 11.9 Å². The Morgan fingerprint density at radius 2 is 2.04 bits per heavy atom. The SMILES string of the molecule is COC(=O)c1csc(NC(=O)[C@H](C)N2CCc3ccccc3C2)c1. The highest BCUT2D eigenvalue weighted by molar-refractivity contribution is 7.14. The predicted molar refractivity (Wildman–Crippen MR) is 94.3 cm³/mol. The number of carbonyl (C=O) groups is 2. The van der Waals surface area contributed by atoms with E-state index in [1.54, 1.807) is 11.4 Å². The zero-order chi connectivity index (χ0) is 17.1. The molecule has 0 saturated carbocycles. The van der Waals surface area contributed by atoms with Gasteiger partial charge in [-0.05, 0) is 30.5 Å². The minimum atomic E-state index is -0.396. The third-order valence-corrected chi connectivity index (χ3v) is 5.20. The highest BCUT2D eigenvalue weighted by Crippen LogP contribution is 2.23. The number of esters is 1. The lowest BCUT2D eigenvalue weighted by Gasteiger charge is -2.32. The van der Waals surface area contributed by atoms with Crippen molar-refractivity contribution in [1.29, 1.82) is 0 Å². The molecule has 0 bridgehead atoms. The number of rotatable bonds is 4. The summed E-state index contributed by atoms with van der Waals surface area (Å²) < 4.78 is 4.68. The van der Waals surface area contributed by atoms with Crippen molar-refractivity contribution in [3.8, 4) is 0 Å². The highest BCUT2D eigenvalue weighted by atomic mass is 32.1. The second-order valence-electron chi connectivity index (χ2n) is 5.85. The summed E-state index contributed by atoms with van der Waals surface area (Å²) >= 11 is 1.32. The van der Waals surface area contributed by atoms with Gasteiger partial charge in [0.25, 0.3) is 0 Å². The van der Waals surface area contributed by atoms with Crippen molar-refractivity contribution < 1.29 is 14.3 Å². The molecule has 1 amide bonds. The maximum absolute atomic E-state index is 12.5. The number of hydrogen-bond donors (Lipinski definition) is 1. The number of carbonyl (C=O) groups excluding carboxylic acids is 2. The van der Waals surface area contributed by atoms with Crippen molar-refractivity contribution in [1.82, 2.24) is 4.90 Å². The van der Waals surface area contributed by atoms with Crippen LogP contribution in [0.1, 0.15) is 28.4 Å². The molecule has 5 nitrogen and oxygen atoms in total. The van der Waals surface area contributed by atoms with Gasteiger partial charge in [-0.25, -0.2) is 4.79 Å². The first-order chi connectivity index (χ1) is 11.6. The Morgan fingerprint density at radius 1 is 1.29 bits per heavy atom. The molecule has 1 aliphatic heterocycles. The number of fused-ring (bicyclic) bond motifs is 1. The van der Waals surface area contributed by atoms with Crippen molar-refractivity contribution in [3.05, 3.63) is 52.4 Å². The van der Waals surface area contributed by atoms with E-state index < -0.39 is 5.97 Å². The molecule has 1 N–H and O–H groups in total. The summed E-state index contributed by atoms with van der Waals surface area (Å²) in [6.45, 7) is 3.56. The molecule has 1 aromatic carbocycles. The van der Waals surface area contributed by atoms with Crippen LogP contribution < -0.4 is 5.32 Å². The van der Waals surface area contributed by atoms with E-state index in [0.29, 0.717) is 10.6 Å². The standard InChI is InChI=1S/C18H20N2O3S/c1-12(20-8-7-13-5-3-4-6-14(13)10-20)17(21)19-16-9-15(11-24-16)18(22)23-2/h3-6,9,11-12H,7-8,10H2,1-2H3,(H,19,21)/t12-/m0/s1. The van der Waals surface area contributed by atoms with Gasteiger partial charge in [-0.1, -0.05) is 24.3 Å². The van der Waals surface area contributed by atoms with Gasteiger partial charge in [0, 0.05) is 18.5 Å². The molecular weight excluding hydrogens is 324 g/mol. The molecule has 0 aliphatic carbocycles. The first kappa shape index (κ1) is 16.7. The summed E-state index contributed by atoms with van der Waals surface area (Å²) in [6, 6.07) is 9.77. The summed E-state index contributed by atoms with van der Waals surface area (Å²) in [4.78, 5) is 26.2. The van der Waals surface area contributed by atoms with Gasteiger partial charge in [0.2, 0.25) is 5.91 Å². The number of benzene rings is 1. The number of hydrogen-bond acceptors (Lipinski definition) is 5. The largest absolute Gasteiger partial charge is 0.465 e. The van der Waals surface area contributed by atoms with E-state index in [9.17, 15) is 9.59 Å². The zero-order valence-electron chi connectivity index (χ0n) is 13.7. The van der Waals surface area contributed by atoms with E-state index in [1.807, 2.05) is 13.0 Å². The van der Waals surface area contributed by atoms with E-state index in [4.69, 9.17) is 0 Å². The van der Waals surface area contributed by atoms with Crippen LogP contribution in [0.4, 0.5) is 5.00 Å². The van der Waals surface area contributed by atoms with Gasteiger partial charge in [-0.3, -0.25) is 9.69 Å². The molecule has 1 aromatic heterocycles. The molecule has 0 saturated heterocycles. The third kappa shape index (κ3) is 3.49. The summed E-state index contributed by atoms with van der Waals surface area (Å²) in [7, 11) is 1.34. The Balaban J connectivity index is 1.63. The van der Waals surface area contributed by atoms with Gasteiger partial charge in [0.15, 0.2) is 0 Å². The maximum Gasteiger partial charge on any atom is 0.338 e. The van der Waals surface area contributed by atoms with Crippen LogP contribution in [0.5, 0.6) is 0 Å². The minimum Gasteiger partial charge on any atom is -0.465 e. The molecule has 1 atom stereocenters. The average molecular weight is 344 g/mol. The topological polar surface area (TPSA) is 58.6 Å². The number of anilines is 1. The van der Waals surface area contributed by atoms with Crippen LogP contribution >= 0.6 is 11.3 Å². The zero-order valence-corrected chi connectivity index (χ0v) is 14.6. The van der Waals surface area contributed by atoms with Gasteiger partial charge < -0.3 is 10.1 Å². The van der Waals surface area contributed by atoms with E-state index in [0.717, 1.165) is 19.5 Å². The lowest BCUT2D eigenvalue weighted by Crippen LogP contribution is -2.44. The Kier molecular flexibility index (Phi) is 4.97. The second-order valence-corrected chi connectivity index (χ2v) is 6.76. The van der Waals surface area contributed by atoms with E-state index >= 15 is 0 Å². The second kappa shape index (κ2) is 7.15. The third-order valence-electron chi connectivity index (χ3n) is 4.35. The summed E-state index contributed by atoms with van der Waals surface area (Å²) in [6.07, 6.45) is 0.958. The quantitative estimate of drug-likeness (QED) is 0.867. The van der Waals surface area contributed by atoms with E-state index in [2.05, 4.69) is 33.2 Å². The number of methoxy groups -OCH3 is 1. The molecule has 6 heteroatoms. The Bertz CT molecular complexity index is 756. The van der Waals surface area contributed by atoms with E-state index in [1.165, 1.54) is 29.6 Å². The number of amides is 1. The summed E-state index contributed by atoms with van der Waals surface area (Å²) in [5.41, 5.74) is 3.10. The van der Waals surface area contributed by atoms with Crippen LogP contribution in [-0.4, -0.2) is 36.5 Å². The molecule has 1 aliphatic rings. The minimum absolute atomic E-state index is 0.0624. The van der Waals surface area contributed by atoms with Crippen LogP contribution in [0.3, 0.4) is 0 Å². The van der Waals surface area contributed by atoms with Crippen LogP contribution in [-0.2, 0) is 22.5 Å². The normalized spacial score (nSPS) is 15.4. The predicted octanol–water partition coefficient (Wildman–Crippen LogP) is 2.92. The van der Waals surface area contributed by atoms with Gasteiger partial charge in [0.05, 0.1) is 23.7 Å². The molecule has 2 aromatic rings. The van der Waals surface area contributed by atoms with Gasteiger partial charge in [0.1, 0.15) is 0 Å². The average Bonchev–Trinajstić information content (AvgIpc) is 3.08. The first-order valence-electron chi connectivity index (χ1n) is 7.87. The number of nitrogens with one attached hydrogen (secondary N) is 1. The van der Waals surface area contributed by atoms with Crippen LogP contribution in [0.2, 0.25) is 0 Å². The molecular formula is C18H20N2O3S. The monoisotopic (exact) mass is 344 g/mol. The van der Waals surface area contributed by atoms with Crippen LogP contribution in [0.25, 0.3) is 0 Å². The molecule has 2 heterocycles. The summed E-state index contributed by atoms with van der Waals surface area (Å²) in [5.74, 6) is -0.458. The molecule has 0 fully saturated rings. The fourth-order valence-corrected chi connectivity index (χ4v) is 3.64. The van der Waals surface area contributed by atoms with Crippen molar-refractivity contribution in [2.45, 2.75) is 25.9 Å². The van der Waals surface area contributed by atoms with Crippen molar-refractivity contribution >= 4 is 28.2 Å². The van der Waals surface area contributed by atoms with Crippen molar-refractivity contribution in [2.75, 3.05) is 19.0 Å². The van der Waals surface area contributed by atoms with Gasteiger partial charge in [-0.15, -0.1) is 11.3 Å². The fraction of sp³-hybridized carbons (Fsp3) is 0.333. The Labute approximate surface area is 145 Å². The molecule has 0 radical (unpaired) electrons. The smallest absolute Gasteiger partial charge is 0.338 e. The van der Waals surface area contributed by atoms with Gasteiger partial charge >= 0.3 is 5.97 Å². The lowest BCUT2D eigenvalue weighted by molar-refractivity contribution is -0.121. The Morgan fingerprint density at radius 3 is 2.79 bits per heavy atom. The summed E-state index contributed by atoms with van der Waals surface area (Å²) in [5, 5.41) is 5.23. The maximum atomic E-state index is 12.5. The lowest BCUT2D eigenvalue weighted by atomic mass is 9.99. The number of thiophene rings is 1. The highest BCUT2D eigenvalue weighted by Gasteiger charge is 2.25. The first-order valence-corrected chi connectivity index (χ1v) is 8.75. The molecule has 3 rings (SSSR count). The molecule has 24 heavy (non-hydrogen) atoms. The van der Waals surface area contributed by atoms with Crippen molar-refractivity contribution in [3.63, 3.8) is 0 Å². The number of nitrogens with zero attached hydrogens (tertiary/aromatic N) is 1.